The normalized spacial score (nSPS) is 12.3. The van der Waals surface area contributed by atoms with Crippen LogP contribution in [0.3, 0.4) is 0 Å². The molecule has 1 aromatic carbocycles. The predicted octanol–water partition coefficient (Wildman–Crippen LogP) is 4.04. The average Bonchev–Trinajstić information content (AvgIpc) is 2.94. The molecule has 0 saturated heterocycles. The topological polar surface area (TPSA) is 41.5 Å². The summed E-state index contributed by atoms with van der Waals surface area (Å²) in [4.78, 5) is 1.14. The summed E-state index contributed by atoms with van der Waals surface area (Å²) in [5.41, 5.74) is 0.705. The highest BCUT2D eigenvalue weighted by Crippen LogP contribution is 2.29. The first-order valence-corrected chi connectivity index (χ1v) is 7.76. The van der Waals surface area contributed by atoms with Crippen LogP contribution in [-0.2, 0) is 11.3 Å². The van der Waals surface area contributed by atoms with Gasteiger partial charge < -0.3 is 15.2 Å². The molecule has 3 nitrogen and oxygen atoms in total. The fraction of sp³-hybridized carbons (Fsp3) is 0.286. The summed E-state index contributed by atoms with van der Waals surface area (Å²) < 4.78 is 5.44. The summed E-state index contributed by atoms with van der Waals surface area (Å²) in [6, 6.07) is 9.31. The van der Waals surface area contributed by atoms with Crippen LogP contribution in [0.1, 0.15) is 4.88 Å². The van der Waals surface area contributed by atoms with Crippen molar-refractivity contribution in [2.75, 3.05) is 18.5 Å². The van der Waals surface area contributed by atoms with Gasteiger partial charge in [-0.2, -0.15) is 0 Å². The standard InChI is InChI=1S/C14H15Cl2NO2S/c15-12-4-1-5-13(14(12)16)17-7-10(18)8-19-9-11-3-2-6-20-11/h1-6,10,17-18H,7-9H2. The molecule has 1 unspecified atom stereocenters. The van der Waals surface area contributed by atoms with Crippen molar-refractivity contribution in [1.82, 2.24) is 0 Å². The zero-order valence-electron chi connectivity index (χ0n) is 10.7. The molecule has 0 amide bonds. The van der Waals surface area contributed by atoms with E-state index in [2.05, 4.69) is 5.32 Å². The third-order valence-corrected chi connectivity index (χ3v) is 4.28. The molecule has 108 valence electrons. The Kier molecular flexibility index (Phi) is 6.13. The van der Waals surface area contributed by atoms with Gasteiger partial charge in [-0.3, -0.25) is 0 Å². The van der Waals surface area contributed by atoms with Crippen LogP contribution in [0.15, 0.2) is 35.7 Å². The Labute approximate surface area is 132 Å². The number of thiophene rings is 1. The number of hydrogen-bond donors (Lipinski definition) is 2. The summed E-state index contributed by atoms with van der Waals surface area (Å²) >= 11 is 13.6. The zero-order chi connectivity index (χ0) is 14.4. The Balaban J connectivity index is 1.72. The van der Waals surface area contributed by atoms with Crippen molar-refractivity contribution in [2.24, 2.45) is 0 Å². The summed E-state index contributed by atoms with van der Waals surface area (Å²) in [5, 5.41) is 15.8. The molecule has 2 aromatic rings. The zero-order valence-corrected chi connectivity index (χ0v) is 13.0. The van der Waals surface area contributed by atoms with E-state index in [4.69, 9.17) is 27.9 Å². The first kappa shape index (κ1) is 15.6. The van der Waals surface area contributed by atoms with E-state index in [1.807, 2.05) is 23.6 Å². The number of rotatable bonds is 7. The maximum atomic E-state index is 9.84. The van der Waals surface area contributed by atoms with Crippen LogP contribution in [0, 0.1) is 0 Å². The van der Waals surface area contributed by atoms with Gasteiger partial charge in [0.2, 0.25) is 0 Å². The number of ether oxygens (including phenoxy) is 1. The van der Waals surface area contributed by atoms with E-state index in [0.717, 1.165) is 4.88 Å². The first-order chi connectivity index (χ1) is 9.66. The van der Waals surface area contributed by atoms with E-state index in [0.29, 0.717) is 28.9 Å². The number of nitrogens with one attached hydrogen (secondary N) is 1. The van der Waals surface area contributed by atoms with Crippen LogP contribution in [0.5, 0.6) is 0 Å². The minimum Gasteiger partial charge on any atom is -0.389 e. The van der Waals surface area contributed by atoms with Crippen molar-refractivity contribution < 1.29 is 9.84 Å². The molecule has 2 N–H and O–H groups in total. The second-order valence-electron chi connectivity index (χ2n) is 4.23. The molecule has 0 aliphatic carbocycles. The molecule has 0 radical (unpaired) electrons. The van der Waals surface area contributed by atoms with Gasteiger partial charge in [0.25, 0.3) is 0 Å². The minimum absolute atomic E-state index is 0.267. The van der Waals surface area contributed by atoms with Gasteiger partial charge in [-0.25, -0.2) is 0 Å². The molecule has 0 fully saturated rings. The lowest BCUT2D eigenvalue weighted by atomic mass is 10.3. The molecule has 0 saturated carbocycles. The van der Waals surface area contributed by atoms with Gasteiger partial charge in [0.15, 0.2) is 0 Å². The Morgan fingerprint density at radius 2 is 2.10 bits per heavy atom. The van der Waals surface area contributed by atoms with Gasteiger partial charge in [-0.05, 0) is 23.6 Å². The largest absolute Gasteiger partial charge is 0.389 e. The molecular formula is C14H15Cl2NO2S. The van der Waals surface area contributed by atoms with Crippen molar-refractivity contribution >= 4 is 40.2 Å². The van der Waals surface area contributed by atoms with Gasteiger partial charge in [0, 0.05) is 11.4 Å². The quantitative estimate of drug-likeness (QED) is 0.804. The molecule has 0 aliphatic heterocycles. The smallest absolute Gasteiger partial charge is 0.0945 e. The van der Waals surface area contributed by atoms with E-state index in [-0.39, 0.29) is 6.61 Å². The van der Waals surface area contributed by atoms with Crippen molar-refractivity contribution in [1.29, 1.82) is 0 Å². The number of aliphatic hydroxyl groups is 1. The summed E-state index contributed by atoms with van der Waals surface area (Å²) in [6.07, 6.45) is -0.606. The Bertz CT molecular complexity index is 534. The molecular weight excluding hydrogens is 317 g/mol. The van der Waals surface area contributed by atoms with Crippen LogP contribution in [0.2, 0.25) is 10.0 Å². The van der Waals surface area contributed by atoms with E-state index in [1.54, 1.807) is 23.5 Å². The lowest BCUT2D eigenvalue weighted by Crippen LogP contribution is -2.24. The van der Waals surface area contributed by atoms with Gasteiger partial charge >= 0.3 is 0 Å². The van der Waals surface area contributed by atoms with Gasteiger partial charge in [-0.15, -0.1) is 11.3 Å². The Morgan fingerprint density at radius 1 is 1.25 bits per heavy atom. The van der Waals surface area contributed by atoms with Crippen LogP contribution < -0.4 is 5.32 Å². The number of hydrogen-bond acceptors (Lipinski definition) is 4. The maximum Gasteiger partial charge on any atom is 0.0945 e. The molecule has 1 atom stereocenters. The highest BCUT2D eigenvalue weighted by atomic mass is 35.5. The van der Waals surface area contributed by atoms with Gasteiger partial charge in [0.1, 0.15) is 0 Å². The lowest BCUT2D eigenvalue weighted by Gasteiger charge is -2.14. The van der Waals surface area contributed by atoms with E-state index in [1.165, 1.54) is 0 Å². The third kappa shape index (κ3) is 4.65. The predicted molar refractivity (Wildman–Crippen MR) is 84.9 cm³/mol. The molecule has 6 heteroatoms. The summed E-state index contributed by atoms with van der Waals surface area (Å²) in [6.45, 7) is 1.14. The number of halogens is 2. The Morgan fingerprint density at radius 3 is 2.85 bits per heavy atom. The van der Waals surface area contributed by atoms with Crippen molar-refractivity contribution in [2.45, 2.75) is 12.7 Å². The molecule has 0 aliphatic rings. The van der Waals surface area contributed by atoms with Crippen LogP contribution in [0.4, 0.5) is 5.69 Å². The van der Waals surface area contributed by atoms with Crippen molar-refractivity contribution in [3.05, 3.63) is 50.6 Å². The van der Waals surface area contributed by atoms with E-state index in [9.17, 15) is 5.11 Å². The van der Waals surface area contributed by atoms with Crippen molar-refractivity contribution in [3.8, 4) is 0 Å². The molecule has 1 heterocycles. The SMILES string of the molecule is OC(CNc1cccc(Cl)c1Cl)COCc1cccs1. The molecule has 1 aromatic heterocycles. The first-order valence-electron chi connectivity index (χ1n) is 6.13. The van der Waals surface area contributed by atoms with E-state index < -0.39 is 6.10 Å². The number of anilines is 1. The third-order valence-electron chi connectivity index (χ3n) is 2.61. The average molecular weight is 332 g/mol. The fourth-order valence-corrected chi connectivity index (χ4v) is 2.63. The van der Waals surface area contributed by atoms with Gasteiger partial charge in [0.05, 0.1) is 35.1 Å². The minimum atomic E-state index is -0.606. The van der Waals surface area contributed by atoms with Crippen LogP contribution in [-0.4, -0.2) is 24.4 Å². The maximum absolute atomic E-state index is 9.84. The van der Waals surface area contributed by atoms with Crippen molar-refractivity contribution in [3.63, 3.8) is 0 Å². The monoisotopic (exact) mass is 331 g/mol. The number of aliphatic hydroxyl groups excluding tert-OH is 1. The van der Waals surface area contributed by atoms with E-state index >= 15 is 0 Å². The molecule has 2 rings (SSSR count). The number of benzene rings is 1. The molecule has 0 bridgehead atoms. The van der Waals surface area contributed by atoms with Gasteiger partial charge in [-0.1, -0.05) is 35.3 Å². The highest BCUT2D eigenvalue weighted by Gasteiger charge is 2.08. The highest BCUT2D eigenvalue weighted by molar-refractivity contribution is 7.09. The van der Waals surface area contributed by atoms with Crippen LogP contribution >= 0.6 is 34.5 Å². The van der Waals surface area contributed by atoms with Crippen LogP contribution in [0.25, 0.3) is 0 Å². The molecule has 20 heavy (non-hydrogen) atoms. The fourth-order valence-electron chi connectivity index (χ4n) is 1.62. The summed E-state index contributed by atoms with van der Waals surface area (Å²) in [7, 11) is 0. The summed E-state index contributed by atoms with van der Waals surface area (Å²) in [5.74, 6) is 0. The second-order valence-corrected chi connectivity index (χ2v) is 6.05. The molecule has 0 spiro atoms. The Hall–Kier alpha value is -0.780. The second kappa shape index (κ2) is 7.86. The lowest BCUT2D eigenvalue weighted by molar-refractivity contribution is 0.0359.